The van der Waals surface area contributed by atoms with Crippen LogP contribution in [0.15, 0.2) is 40.9 Å². The molecule has 0 radical (unpaired) electrons. The second-order valence-corrected chi connectivity index (χ2v) is 5.83. The smallest absolute Gasteiger partial charge is 0.209 e. The van der Waals surface area contributed by atoms with Gasteiger partial charge in [0.2, 0.25) is 5.89 Å². The predicted molar refractivity (Wildman–Crippen MR) is 83.9 cm³/mol. The van der Waals surface area contributed by atoms with Crippen LogP contribution in [-0.4, -0.2) is 36.1 Å². The van der Waals surface area contributed by atoms with Crippen LogP contribution >= 0.6 is 0 Å². The lowest BCUT2D eigenvalue weighted by Gasteiger charge is -2.27. The summed E-state index contributed by atoms with van der Waals surface area (Å²) >= 11 is 0. The summed E-state index contributed by atoms with van der Waals surface area (Å²) in [6.45, 7) is 2.95. The van der Waals surface area contributed by atoms with E-state index in [0.29, 0.717) is 6.04 Å². The molecule has 1 aliphatic heterocycles. The van der Waals surface area contributed by atoms with Gasteiger partial charge in [0.05, 0.1) is 12.7 Å². The van der Waals surface area contributed by atoms with E-state index in [4.69, 9.17) is 4.42 Å². The van der Waals surface area contributed by atoms with Crippen LogP contribution in [0.4, 0.5) is 0 Å². The highest BCUT2D eigenvalue weighted by molar-refractivity contribution is 5.55. The lowest BCUT2D eigenvalue weighted by atomic mass is 10.0. The molecule has 3 rings (SSSR count). The third kappa shape index (κ3) is 3.93. The standard InChI is InChI=1S/C17H23N3O/c1-20(12-15-9-5-6-10-18-15)13-17-19-11-16(21-17)14-7-3-2-4-8-14/h2-4,7-8,11,15,18H,5-6,9-10,12-13H2,1H3. The monoisotopic (exact) mass is 285 g/mol. The average Bonchev–Trinajstić information content (AvgIpc) is 2.97. The first-order valence-corrected chi connectivity index (χ1v) is 7.73. The lowest BCUT2D eigenvalue weighted by Crippen LogP contribution is -2.42. The molecule has 112 valence electrons. The van der Waals surface area contributed by atoms with Crippen LogP contribution in [0.5, 0.6) is 0 Å². The number of nitrogens with zero attached hydrogens (tertiary/aromatic N) is 2. The number of rotatable bonds is 5. The summed E-state index contributed by atoms with van der Waals surface area (Å²) in [6.07, 6.45) is 5.73. The molecule has 1 N–H and O–H groups in total. The van der Waals surface area contributed by atoms with Crippen LogP contribution in [0.2, 0.25) is 0 Å². The first-order valence-electron chi connectivity index (χ1n) is 7.73. The summed E-state index contributed by atoms with van der Waals surface area (Å²) in [4.78, 5) is 6.68. The first kappa shape index (κ1) is 14.3. The van der Waals surface area contributed by atoms with Crippen molar-refractivity contribution in [2.24, 2.45) is 0 Å². The van der Waals surface area contributed by atoms with E-state index in [2.05, 4.69) is 22.2 Å². The molecule has 0 spiro atoms. The molecular weight excluding hydrogens is 262 g/mol. The van der Waals surface area contributed by atoms with Crippen molar-refractivity contribution >= 4 is 0 Å². The van der Waals surface area contributed by atoms with Crippen molar-refractivity contribution in [1.29, 1.82) is 0 Å². The fourth-order valence-corrected chi connectivity index (χ4v) is 2.87. The average molecular weight is 285 g/mol. The number of aromatic nitrogens is 1. The number of nitrogens with one attached hydrogen (secondary N) is 1. The van der Waals surface area contributed by atoms with E-state index in [9.17, 15) is 0 Å². The molecule has 1 unspecified atom stereocenters. The Hall–Kier alpha value is -1.65. The topological polar surface area (TPSA) is 41.3 Å². The van der Waals surface area contributed by atoms with Gasteiger partial charge in [-0.3, -0.25) is 4.90 Å². The summed E-state index contributed by atoms with van der Waals surface area (Å²) in [5.74, 6) is 1.63. The molecule has 0 aliphatic carbocycles. The zero-order valence-electron chi connectivity index (χ0n) is 12.6. The minimum atomic E-state index is 0.604. The van der Waals surface area contributed by atoms with Gasteiger partial charge < -0.3 is 9.73 Å². The number of piperidine rings is 1. The van der Waals surface area contributed by atoms with E-state index in [0.717, 1.165) is 36.8 Å². The SMILES string of the molecule is CN(Cc1ncc(-c2ccccc2)o1)CC1CCCCN1. The highest BCUT2D eigenvalue weighted by Gasteiger charge is 2.16. The van der Waals surface area contributed by atoms with Crippen molar-refractivity contribution in [2.45, 2.75) is 31.8 Å². The third-order valence-electron chi connectivity index (χ3n) is 3.96. The Labute approximate surface area is 126 Å². The van der Waals surface area contributed by atoms with Gasteiger partial charge >= 0.3 is 0 Å². The maximum atomic E-state index is 5.86. The molecule has 0 saturated carbocycles. The summed E-state index contributed by atoms with van der Waals surface area (Å²) in [7, 11) is 2.13. The molecule has 1 aromatic carbocycles. The molecule has 1 saturated heterocycles. The number of oxazole rings is 1. The van der Waals surface area contributed by atoms with Crippen LogP contribution in [-0.2, 0) is 6.54 Å². The Morgan fingerprint density at radius 3 is 2.90 bits per heavy atom. The van der Waals surface area contributed by atoms with Crippen molar-refractivity contribution in [3.63, 3.8) is 0 Å². The first-order chi connectivity index (χ1) is 10.3. The molecule has 21 heavy (non-hydrogen) atoms. The van der Waals surface area contributed by atoms with E-state index >= 15 is 0 Å². The van der Waals surface area contributed by atoms with Gasteiger partial charge in [0, 0.05) is 18.2 Å². The van der Waals surface area contributed by atoms with Gasteiger partial charge in [0.15, 0.2) is 5.76 Å². The number of hydrogen-bond acceptors (Lipinski definition) is 4. The van der Waals surface area contributed by atoms with E-state index in [1.165, 1.54) is 19.3 Å². The normalized spacial score (nSPS) is 19.0. The van der Waals surface area contributed by atoms with Gasteiger partial charge in [-0.05, 0) is 26.4 Å². The van der Waals surface area contributed by atoms with E-state index in [1.54, 1.807) is 0 Å². The molecule has 4 heteroatoms. The van der Waals surface area contributed by atoms with Crippen molar-refractivity contribution in [2.75, 3.05) is 20.1 Å². The summed E-state index contributed by atoms with van der Waals surface area (Å²) in [6, 6.07) is 10.7. The maximum absolute atomic E-state index is 5.86. The third-order valence-corrected chi connectivity index (χ3v) is 3.96. The van der Waals surface area contributed by atoms with Crippen molar-refractivity contribution in [3.8, 4) is 11.3 Å². The fourth-order valence-electron chi connectivity index (χ4n) is 2.87. The zero-order valence-corrected chi connectivity index (χ0v) is 12.6. The molecule has 1 atom stereocenters. The summed E-state index contributed by atoms with van der Waals surface area (Å²) in [5, 5.41) is 3.57. The van der Waals surface area contributed by atoms with Gasteiger partial charge in [-0.2, -0.15) is 0 Å². The number of hydrogen-bond donors (Lipinski definition) is 1. The highest BCUT2D eigenvalue weighted by atomic mass is 16.4. The van der Waals surface area contributed by atoms with E-state index in [-0.39, 0.29) is 0 Å². The molecule has 1 aromatic heterocycles. The van der Waals surface area contributed by atoms with Crippen molar-refractivity contribution < 1.29 is 4.42 Å². The summed E-state index contributed by atoms with van der Waals surface area (Å²) in [5.41, 5.74) is 1.08. The van der Waals surface area contributed by atoms with Gasteiger partial charge in [-0.1, -0.05) is 36.8 Å². The van der Waals surface area contributed by atoms with Gasteiger partial charge in [0.25, 0.3) is 0 Å². The zero-order chi connectivity index (χ0) is 14.5. The second kappa shape index (κ2) is 6.87. The van der Waals surface area contributed by atoms with Crippen LogP contribution in [0, 0.1) is 0 Å². The molecule has 2 aromatic rings. The Morgan fingerprint density at radius 1 is 1.29 bits per heavy atom. The van der Waals surface area contributed by atoms with Crippen LogP contribution in [0.3, 0.4) is 0 Å². The van der Waals surface area contributed by atoms with E-state index < -0.39 is 0 Å². The maximum Gasteiger partial charge on any atom is 0.209 e. The lowest BCUT2D eigenvalue weighted by molar-refractivity contribution is 0.238. The quantitative estimate of drug-likeness (QED) is 0.917. The Morgan fingerprint density at radius 2 is 2.14 bits per heavy atom. The van der Waals surface area contributed by atoms with Gasteiger partial charge in [-0.15, -0.1) is 0 Å². The van der Waals surface area contributed by atoms with E-state index in [1.807, 2.05) is 36.5 Å². The summed E-state index contributed by atoms with van der Waals surface area (Å²) < 4.78 is 5.86. The molecule has 4 nitrogen and oxygen atoms in total. The molecule has 0 bridgehead atoms. The van der Waals surface area contributed by atoms with Crippen LogP contribution in [0.25, 0.3) is 11.3 Å². The Balaban J connectivity index is 1.56. The largest absolute Gasteiger partial charge is 0.439 e. The van der Waals surface area contributed by atoms with Crippen LogP contribution < -0.4 is 5.32 Å². The number of benzene rings is 1. The van der Waals surface area contributed by atoms with Crippen molar-refractivity contribution in [1.82, 2.24) is 15.2 Å². The molecule has 0 amide bonds. The second-order valence-electron chi connectivity index (χ2n) is 5.83. The number of likely N-dealkylation sites (N-methyl/N-ethyl adjacent to an activating group) is 1. The fraction of sp³-hybridized carbons (Fsp3) is 0.471. The minimum Gasteiger partial charge on any atom is -0.439 e. The minimum absolute atomic E-state index is 0.604. The van der Waals surface area contributed by atoms with Crippen LogP contribution in [0.1, 0.15) is 25.2 Å². The van der Waals surface area contributed by atoms with Gasteiger partial charge in [-0.25, -0.2) is 4.98 Å². The molecular formula is C17H23N3O. The molecule has 1 aliphatic rings. The Kier molecular flexibility index (Phi) is 4.68. The molecule has 1 fully saturated rings. The van der Waals surface area contributed by atoms with Gasteiger partial charge in [0.1, 0.15) is 0 Å². The van der Waals surface area contributed by atoms with Crippen molar-refractivity contribution in [3.05, 3.63) is 42.4 Å². The molecule has 2 heterocycles. The Bertz CT molecular complexity index is 546. The predicted octanol–water partition coefficient (Wildman–Crippen LogP) is 2.92. The highest BCUT2D eigenvalue weighted by Crippen LogP contribution is 2.20.